The number of halogens is 1. The van der Waals surface area contributed by atoms with E-state index in [-0.39, 0.29) is 0 Å². The van der Waals surface area contributed by atoms with E-state index in [0.29, 0.717) is 5.92 Å². The summed E-state index contributed by atoms with van der Waals surface area (Å²) >= 11 is 5.65. The highest BCUT2D eigenvalue weighted by Crippen LogP contribution is 2.07. The second-order valence-corrected chi connectivity index (χ2v) is 2.57. The minimum atomic E-state index is 0.557. The Morgan fingerprint density at radius 2 is 2.22 bits per heavy atom. The molecular formula is C7H15ClO. The van der Waals surface area contributed by atoms with Gasteiger partial charge in [0.05, 0.1) is 6.61 Å². The summed E-state index contributed by atoms with van der Waals surface area (Å²) in [5, 5.41) is 0. The minimum Gasteiger partial charge on any atom is -0.384 e. The Bertz CT molecular complexity index is 50.9. The molecule has 0 radical (unpaired) electrons. The fourth-order valence-corrected chi connectivity index (χ4v) is 1.09. The topological polar surface area (TPSA) is 9.23 Å². The summed E-state index contributed by atoms with van der Waals surface area (Å²) in [6, 6.07) is 0. The van der Waals surface area contributed by atoms with E-state index in [1.165, 1.54) is 12.8 Å². The summed E-state index contributed by atoms with van der Waals surface area (Å²) < 4.78 is 4.96. The van der Waals surface area contributed by atoms with Gasteiger partial charge in [-0.05, 0) is 12.3 Å². The van der Waals surface area contributed by atoms with Crippen LogP contribution in [0.15, 0.2) is 0 Å². The zero-order valence-electron chi connectivity index (χ0n) is 6.19. The average molecular weight is 151 g/mol. The molecule has 0 rings (SSSR count). The maximum atomic E-state index is 5.65. The number of methoxy groups -OCH3 is 1. The molecule has 0 amide bonds. The molecule has 0 N–H and O–H groups in total. The molecule has 56 valence electrons. The van der Waals surface area contributed by atoms with Gasteiger partial charge in [0, 0.05) is 13.0 Å². The molecule has 2 heteroatoms. The van der Waals surface area contributed by atoms with Gasteiger partial charge in [0.2, 0.25) is 0 Å². The molecule has 0 bridgehead atoms. The maximum absolute atomic E-state index is 5.65. The fraction of sp³-hybridized carbons (Fsp3) is 1.00. The van der Waals surface area contributed by atoms with E-state index >= 15 is 0 Å². The van der Waals surface area contributed by atoms with Crippen molar-refractivity contribution in [1.29, 1.82) is 0 Å². The molecule has 1 atom stereocenters. The van der Waals surface area contributed by atoms with Crippen molar-refractivity contribution in [2.75, 3.05) is 19.6 Å². The molecule has 1 unspecified atom stereocenters. The van der Waals surface area contributed by atoms with Gasteiger partial charge < -0.3 is 4.74 Å². The monoisotopic (exact) mass is 150 g/mol. The first-order valence-corrected chi connectivity index (χ1v) is 3.93. The Balaban J connectivity index is 3.18. The van der Waals surface area contributed by atoms with Crippen LogP contribution in [-0.4, -0.2) is 19.6 Å². The summed E-state index contributed by atoms with van der Waals surface area (Å²) in [6.07, 6.45) is 2.37. The zero-order chi connectivity index (χ0) is 7.11. The van der Waals surface area contributed by atoms with Crippen LogP contribution in [0.2, 0.25) is 0 Å². The van der Waals surface area contributed by atoms with Crippen molar-refractivity contribution in [1.82, 2.24) is 0 Å². The van der Waals surface area contributed by atoms with Crippen LogP contribution in [0.4, 0.5) is 0 Å². The average Bonchev–Trinajstić information content (AvgIpc) is 1.88. The van der Waals surface area contributed by atoms with Crippen LogP contribution in [0, 0.1) is 5.92 Å². The molecule has 0 aromatic rings. The van der Waals surface area contributed by atoms with E-state index in [1.54, 1.807) is 7.11 Å². The highest BCUT2D eigenvalue weighted by molar-refractivity contribution is 6.18. The SMILES string of the molecule is CCCC(CCl)COC. The number of alkyl halides is 1. The third-order valence-corrected chi connectivity index (χ3v) is 1.75. The quantitative estimate of drug-likeness (QED) is 0.547. The summed E-state index contributed by atoms with van der Waals surface area (Å²) in [6.45, 7) is 2.96. The van der Waals surface area contributed by atoms with Crippen molar-refractivity contribution in [3.63, 3.8) is 0 Å². The van der Waals surface area contributed by atoms with Crippen LogP contribution in [-0.2, 0) is 4.74 Å². The van der Waals surface area contributed by atoms with Gasteiger partial charge in [-0.1, -0.05) is 13.3 Å². The van der Waals surface area contributed by atoms with Crippen LogP contribution in [0.25, 0.3) is 0 Å². The van der Waals surface area contributed by atoms with Crippen LogP contribution in [0.3, 0.4) is 0 Å². The Hall–Kier alpha value is 0.250. The van der Waals surface area contributed by atoms with Crippen LogP contribution in [0.1, 0.15) is 19.8 Å². The Kier molecular flexibility index (Phi) is 6.55. The van der Waals surface area contributed by atoms with Gasteiger partial charge >= 0.3 is 0 Å². The van der Waals surface area contributed by atoms with Gasteiger partial charge in [0.15, 0.2) is 0 Å². The van der Waals surface area contributed by atoms with E-state index in [1.807, 2.05) is 0 Å². The minimum absolute atomic E-state index is 0.557. The van der Waals surface area contributed by atoms with Gasteiger partial charge in [-0.25, -0.2) is 0 Å². The Morgan fingerprint density at radius 3 is 2.56 bits per heavy atom. The van der Waals surface area contributed by atoms with Gasteiger partial charge in [-0.2, -0.15) is 0 Å². The number of hydrogen-bond donors (Lipinski definition) is 0. The molecule has 0 fully saturated rings. The Labute approximate surface area is 62.3 Å². The van der Waals surface area contributed by atoms with Crippen molar-refractivity contribution in [3.8, 4) is 0 Å². The van der Waals surface area contributed by atoms with Gasteiger partial charge in [0.25, 0.3) is 0 Å². The molecular weight excluding hydrogens is 136 g/mol. The first-order valence-electron chi connectivity index (χ1n) is 3.40. The Morgan fingerprint density at radius 1 is 1.56 bits per heavy atom. The molecule has 0 heterocycles. The summed E-state index contributed by atoms with van der Waals surface area (Å²) in [5.74, 6) is 1.28. The van der Waals surface area contributed by atoms with Crippen molar-refractivity contribution in [3.05, 3.63) is 0 Å². The van der Waals surface area contributed by atoms with Crippen LogP contribution in [0.5, 0.6) is 0 Å². The van der Waals surface area contributed by atoms with E-state index in [9.17, 15) is 0 Å². The number of rotatable bonds is 5. The molecule has 9 heavy (non-hydrogen) atoms. The first-order chi connectivity index (χ1) is 4.35. The van der Waals surface area contributed by atoms with Crippen molar-refractivity contribution >= 4 is 11.6 Å². The van der Waals surface area contributed by atoms with E-state index in [4.69, 9.17) is 16.3 Å². The predicted molar refractivity (Wildman–Crippen MR) is 41.0 cm³/mol. The molecule has 0 saturated heterocycles. The largest absolute Gasteiger partial charge is 0.384 e. The van der Waals surface area contributed by atoms with Crippen LogP contribution < -0.4 is 0 Å². The van der Waals surface area contributed by atoms with E-state index in [0.717, 1.165) is 12.5 Å². The second kappa shape index (κ2) is 6.37. The smallest absolute Gasteiger partial charge is 0.0501 e. The lowest BCUT2D eigenvalue weighted by atomic mass is 10.1. The summed E-state index contributed by atoms with van der Waals surface area (Å²) in [7, 11) is 1.72. The highest BCUT2D eigenvalue weighted by Gasteiger charge is 2.03. The molecule has 0 aliphatic carbocycles. The predicted octanol–water partition coefficient (Wildman–Crippen LogP) is 2.29. The van der Waals surface area contributed by atoms with Crippen molar-refractivity contribution in [2.45, 2.75) is 19.8 Å². The fourth-order valence-electron chi connectivity index (χ4n) is 0.849. The molecule has 0 aromatic carbocycles. The summed E-state index contributed by atoms with van der Waals surface area (Å²) in [5.41, 5.74) is 0. The van der Waals surface area contributed by atoms with Crippen molar-refractivity contribution in [2.24, 2.45) is 5.92 Å². The van der Waals surface area contributed by atoms with Crippen molar-refractivity contribution < 1.29 is 4.74 Å². The molecule has 0 aromatic heterocycles. The molecule has 0 aliphatic heterocycles. The zero-order valence-corrected chi connectivity index (χ0v) is 6.95. The van der Waals surface area contributed by atoms with Gasteiger partial charge in [-0.3, -0.25) is 0 Å². The normalized spacial score (nSPS) is 13.7. The maximum Gasteiger partial charge on any atom is 0.0501 e. The molecule has 0 saturated carbocycles. The third-order valence-electron chi connectivity index (χ3n) is 1.32. The second-order valence-electron chi connectivity index (χ2n) is 2.26. The molecule has 0 spiro atoms. The number of hydrogen-bond acceptors (Lipinski definition) is 1. The first kappa shape index (κ1) is 9.25. The van der Waals surface area contributed by atoms with Crippen LogP contribution >= 0.6 is 11.6 Å². The molecule has 1 nitrogen and oxygen atoms in total. The van der Waals surface area contributed by atoms with E-state index < -0.39 is 0 Å². The highest BCUT2D eigenvalue weighted by atomic mass is 35.5. The standard InChI is InChI=1S/C7H15ClO/c1-3-4-7(5-8)6-9-2/h7H,3-6H2,1-2H3. The van der Waals surface area contributed by atoms with Gasteiger partial charge in [0.1, 0.15) is 0 Å². The number of ether oxygens (including phenoxy) is 1. The van der Waals surface area contributed by atoms with Gasteiger partial charge in [-0.15, -0.1) is 11.6 Å². The lowest BCUT2D eigenvalue weighted by Crippen LogP contribution is -2.08. The molecule has 0 aliphatic rings. The third kappa shape index (κ3) is 4.73. The lowest BCUT2D eigenvalue weighted by molar-refractivity contribution is 0.156. The lowest BCUT2D eigenvalue weighted by Gasteiger charge is -2.09. The summed E-state index contributed by atoms with van der Waals surface area (Å²) in [4.78, 5) is 0. The van der Waals surface area contributed by atoms with E-state index in [2.05, 4.69) is 6.92 Å².